The highest BCUT2D eigenvalue weighted by Crippen LogP contribution is 2.09. The molecule has 76 valence electrons. The number of para-hydroxylation sites is 1. The first-order chi connectivity index (χ1) is 7.20. The number of aromatic nitrogens is 2. The molecule has 0 aliphatic carbocycles. The van der Waals surface area contributed by atoms with Crippen LogP contribution in [0.25, 0.3) is 5.69 Å². The molecule has 1 aromatic heterocycles. The molecule has 2 aromatic rings. The quantitative estimate of drug-likeness (QED) is 0.754. The number of rotatable bonds is 1. The standard InChI is InChI=1S/C10H8FN3O/c11-7-3-1-2-4-9(7)14-10(15)8(12)5-6-13-14/h1-6H,12H2. The summed E-state index contributed by atoms with van der Waals surface area (Å²) in [6.07, 6.45) is 1.35. The SMILES string of the molecule is Nc1ccnn(-c2ccccc2F)c1=O. The second-order valence-corrected chi connectivity index (χ2v) is 2.95. The molecule has 0 saturated carbocycles. The van der Waals surface area contributed by atoms with Gasteiger partial charge in [0, 0.05) is 0 Å². The summed E-state index contributed by atoms with van der Waals surface area (Å²) in [5, 5.41) is 3.75. The van der Waals surface area contributed by atoms with E-state index < -0.39 is 11.4 Å². The van der Waals surface area contributed by atoms with Crippen LogP contribution < -0.4 is 11.3 Å². The number of anilines is 1. The van der Waals surface area contributed by atoms with Gasteiger partial charge in [0.15, 0.2) is 0 Å². The predicted octanol–water partition coefficient (Wildman–Crippen LogP) is 0.954. The molecule has 0 unspecified atom stereocenters. The van der Waals surface area contributed by atoms with E-state index in [0.29, 0.717) is 0 Å². The molecule has 0 atom stereocenters. The van der Waals surface area contributed by atoms with Crippen molar-refractivity contribution in [3.05, 3.63) is 52.7 Å². The zero-order valence-corrected chi connectivity index (χ0v) is 7.72. The highest BCUT2D eigenvalue weighted by atomic mass is 19.1. The number of benzene rings is 1. The van der Waals surface area contributed by atoms with Crippen LogP contribution in [0.4, 0.5) is 10.1 Å². The molecule has 2 N–H and O–H groups in total. The van der Waals surface area contributed by atoms with Crippen molar-refractivity contribution in [2.75, 3.05) is 5.73 Å². The third-order valence-electron chi connectivity index (χ3n) is 1.96. The Hall–Kier alpha value is -2.17. The number of nitrogens with two attached hydrogens (primary N) is 1. The number of hydrogen-bond donors (Lipinski definition) is 1. The van der Waals surface area contributed by atoms with E-state index in [9.17, 15) is 9.18 Å². The third-order valence-corrected chi connectivity index (χ3v) is 1.96. The van der Waals surface area contributed by atoms with Gasteiger partial charge in [-0.05, 0) is 18.2 Å². The molecule has 2 rings (SSSR count). The number of hydrogen-bond acceptors (Lipinski definition) is 3. The van der Waals surface area contributed by atoms with Gasteiger partial charge in [-0.3, -0.25) is 4.79 Å². The Morgan fingerprint density at radius 1 is 1.27 bits per heavy atom. The van der Waals surface area contributed by atoms with Crippen LogP contribution in [0.2, 0.25) is 0 Å². The summed E-state index contributed by atoms with van der Waals surface area (Å²) in [7, 11) is 0. The van der Waals surface area contributed by atoms with Crippen LogP contribution in [0.3, 0.4) is 0 Å². The molecule has 0 amide bonds. The van der Waals surface area contributed by atoms with Crippen LogP contribution in [0, 0.1) is 5.82 Å². The van der Waals surface area contributed by atoms with Crippen molar-refractivity contribution in [3.8, 4) is 5.69 Å². The van der Waals surface area contributed by atoms with Crippen LogP contribution >= 0.6 is 0 Å². The van der Waals surface area contributed by atoms with E-state index in [-0.39, 0.29) is 11.4 Å². The Kier molecular flexibility index (Phi) is 2.21. The molecular weight excluding hydrogens is 197 g/mol. The molecule has 0 fully saturated rings. The topological polar surface area (TPSA) is 60.9 Å². The molecule has 0 bridgehead atoms. The van der Waals surface area contributed by atoms with Crippen molar-refractivity contribution >= 4 is 5.69 Å². The largest absolute Gasteiger partial charge is 0.394 e. The maximum absolute atomic E-state index is 13.3. The van der Waals surface area contributed by atoms with Crippen molar-refractivity contribution in [1.82, 2.24) is 9.78 Å². The van der Waals surface area contributed by atoms with E-state index in [1.165, 1.54) is 30.5 Å². The fourth-order valence-corrected chi connectivity index (χ4v) is 1.22. The first-order valence-electron chi connectivity index (χ1n) is 4.29. The lowest BCUT2D eigenvalue weighted by Gasteiger charge is -2.04. The minimum absolute atomic E-state index is 0.0354. The summed E-state index contributed by atoms with van der Waals surface area (Å²) in [5.74, 6) is -0.516. The summed E-state index contributed by atoms with van der Waals surface area (Å²) in [5.41, 5.74) is 5.01. The van der Waals surface area contributed by atoms with Crippen molar-refractivity contribution in [1.29, 1.82) is 0 Å². The molecule has 0 aliphatic heterocycles. The third kappa shape index (κ3) is 1.59. The van der Waals surface area contributed by atoms with E-state index >= 15 is 0 Å². The maximum atomic E-state index is 13.3. The van der Waals surface area contributed by atoms with Crippen LogP contribution in [-0.2, 0) is 0 Å². The van der Waals surface area contributed by atoms with Crippen molar-refractivity contribution in [3.63, 3.8) is 0 Å². The highest BCUT2D eigenvalue weighted by Gasteiger charge is 2.07. The first-order valence-corrected chi connectivity index (χ1v) is 4.29. The minimum Gasteiger partial charge on any atom is -0.394 e. The monoisotopic (exact) mass is 205 g/mol. The summed E-state index contributed by atoms with van der Waals surface area (Å²) in [4.78, 5) is 11.5. The molecule has 0 aliphatic rings. The first kappa shape index (κ1) is 9.39. The Labute approximate surface area is 84.8 Å². The average Bonchev–Trinajstić information content (AvgIpc) is 2.23. The zero-order valence-electron chi connectivity index (χ0n) is 7.72. The average molecular weight is 205 g/mol. The predicted molar refractivity (Wildman–Crippen MR) is 54.2 cm³/mol. The van der Waals surface area contributed by atoms with Gasteiger partial charge in [0.05, 0.1) is 6.20 Å². The van der Waals surface area contributed by atoms with Gasteiger partial charge in [-0.25, -0.2) is 4.39 Å². The zero-order chi connectivity index (χ0) is 10.8. The Morgan fingerprint density at radius 2 is 2.00 bits per heavy atom. The summed E-state index contributed by atoms with van der Waals surface area (Å²) in [6.45, 7) is 0. The summed E-state index contributed by atoms with van der Waals surface area (Å²) >= 11 is 0. The van der Waals surface area contributed by atoms with Gasteiger partial charge < -0.3 is 5.73 Å². The van der Waals surface area contributed by atoms with E-state index in [1.807, 2.05) is 0 Å². The second kappa shape index (κ2) is 3.53. The molecule has 5 heteroatoms. The Balaban J connectivity index is 2.70. The van der Waals surface area contributed by atoms with Crippen molar-refractivity contribution in [2.24, 2.45) is 0 Å². The van der Waals surface area contributed by atoms with Crippen LogP contribution in [0.5, 0.6) is 0 Å². The lowest BCUT2D eigenvalue weighted by atomic mass is 10.3. The van der Waals surface area contributed by atoms with Gasteiger partial charge in [0.1, 0.15) is 17.2 Å². The molecule has 15 heavy (non-hydrogen) atoms. The summed E-state index contributed by atoms with van der Waals surface area (Å²) < 4.78 is 14.3. The maximum Gasteiger partial charge on any atom is 0.294 e. The molecule has 1 heterocycles. The molecule has 0 spiro atoms. The van der Waals surface area contributed by atoms with Gasteiger partial charge in [0.25, 0.3) is 5.56 Å². The number of halogens is 1. The van der Waals surface area contributed by atoms with Crippen molar-refractivity contribution < 1.29 is 4.39 Å². The molecule has 0 radical (unpaired) electrons. The van der Waals surface area contributed by atoms with E-state index in [0.717, 1.165) is 4.68 Å². The van der Waals surface area contributed by atoms with Gasteiger partial charge in [-0.2, -0.15) is 9.78 Å². The lowest BCUT2D eigenvalue weighted by molar-refractivity contribution is 0.605. The van der Waals surface area contributed by atoms with Crippen LogP contribution in [0.1, 0.15) is 0 Å². The van der Waals surface area contributed by atoms with Crippen LogP contribution in [-0.4, -0.2) is 9.78 Å². The summed E-state index contributed by atoms with van der Waals surface area (Å²) in [6, 6.07) is 7.25. The number of nitrogen functional groups attached to an aromatic ring is 1. The van der Waals surface area contributed by atoms with Crippen molar-refractivity contribution in [2.45, 2.75) is 0 Å². The van der Waals surface area contributed by atoms with Gasteiger partial charge in [-0.1, -0.05) is 12.1 Å². The minimum atomic E-state index is -0.525. The highest BCUT2D eigenvalue weighted by molar-refractivity contribution is 5.38. The molecule has 4 nitrogen and oxygen atoms in total. The second-order valence-electron chi connectivity index (χ2n) is 2.95. The van der Waals surface area contributed by atoms with Gasteiger partial charge in [0.2, 0.25) is 0 Å². The molecular formula is C10H8FN3O. The molecule has 1 aromatic carbocycles. The van der Waals surface area contributed by atoms with E-state index in [4.69, 9.17) is 5.73 Å². The van der Waals surface area contributed by atoms with Gasteiger partial charge >= 0.3 is 0 Å². The number of nitrogens with zero attached hydrogens (tertiary/aromatic N) is 2. The van der Waals surface area contributed by atoms with E-state index in [2.05, 4.69) is 5.10 Å². The Bertz CT molecular complexity index is 550. The fraction of sp³-hybridized carbons (Fsp3) is 0. The van der Waals surface area contributed by atoms with Crippen LogP contribution in [0.15, 0.2) is 41.3 Å². The fourth-order valence-electron chi connectivity index (χ4n) is 1.22. The smallest absolute Gasteiger partial charge is 0.294 e. The normalized spacial score (nSPS) is 10.2. The molecule has 0 saturated heterocycles. The Morgan fingerprint density at radius 3 is 2.73 bits per heavy atom. The van der Waals surface area contributed by atoms with E-state index in [1.54, 1.807) is 6.07 Å². The van der Waals surface area contributed by atoms with Gasteiger partial charge in [-0.15, -0.1) is 0 Å². The lowest BCUT2D eigenvalue weighted by Crippen LogP contribution is -2.23.